The van der Waals surface area contributed by atoms with E-state index in [9.17, 15) is 0 Å². The predicted molar refractivity (Wildman–Crippen MR) is 63.3 cm³/mol. The van der Waals surface area contributed by atoms with Crippen LogP contribution in [0.1, 0.15) is 27.2 Å². The summed E-state index contributed by atoms with van der Waals surface area (Å²) in [7, 11) is 1.98. The highest BCUT2D eigenvalue weighted by atomic mass is 15.3. The Hall–Kier alpha value is -0.830. The molecule has 0 spiro atoms. The van der Waals surface area contributed by atoms with Crippen molar-refractivity contribution in [3.05, 3.63) is 11.8 Å². The van der Waals surface area contributed by atoms with E-state index in [4.69, 9.17) is 0 Å². The van der Waals surface area contributed by atoms with Gasteiger partial charge >= 0.3 is 0 Å². The maximum Gasteiger partial charge on any atom is 0.0197 e. The standard InChI is InChI=1S/C11H23N3/c1-6-9(2)11(8-14-13-5)10(3)7-12-4/h8-10,12,14H,5-7H2,1-4H3/b11-8+. The fraction of sp³-hybridized carbons (Fsp3) is 0.727. The molecule has 82 valence electrons. The molecule has 0 amide bonds. The zero-order chi connectivity index (χ0) is 11.0. The van der Waals surface area contributed by atoms with Crippen LogP contribution in [0.5, 0.6) is 0 Å². The van der Waals surface area contributed by atoms with Crippen molar-refractivity contribution in [2.45, 2.75) is 27.2 Å². The molecule has 14 heavy (non-hydrogen) atoms. The van der Waals surface area contributed by atoms with E-state index < -0.39 is 0 Å². The lowest BCUT2D eigenvalue weighted by Crippen LogP contribution is -2.21. The summed E-state index contributed by atoms with van der Waals surface area (Å²) in [5.41, 5.74) is 4.22. The largest absolute Gasteiger partial charge is 0.319 e. The Bertz CT molecular complexity index is 187. The highest BCUT2D eigenvalue weighted by molar-refractivity contribution is 5.23. The second-order valence-electron chi connectivity index (χ2n) is 3.70. The molecule has 0 aliphatic carbocycles. The molecule has 0 fully saturated rings. The number of hydrogen-bond acceptors (Lipinski definition) is 3. The lowest BCUT2D eigenvalue weighted by molar-refractivity contribution is 0.516. The van der Waals surface area contributed by atoms with E-state index in [0.29, 0.717) is 11.8 Å². The first-order valence-electron chi connectivity index (χ1n) is 5.23. The van der Waals surface area contributed by atoms with Gasteiger partial charge in [0.2, 0.25) is 0 Å². The first kappa shape index (κ1) is 13.2. The van der Waals surface area contributed by atoms with Crippen molar-refractivity contribution in [1.82, 2.24) is 10.7 Å². The van der Waals surface area contributed by atoms with E-state index >= 15 is 0 Å². The van der Waals surface area contributed by atoms with Gasteiger partial charge in [0.05, 0.1) is 0 Å². The molecular weight excluding hydrogens is 174 g/mol. The molecule has 0 saturated heterocycles. The van der Waals surface area contributed by atoms with Crippen LogP contribution >= 0.6 is 0 Å². The van der Waals surface area contributed by atoms with Crippen LogP contribution in [0, 0.1) is 11.8 Å². The number of nitrogens with zero attached hydrogens (tertiary/aromatic N) is 1. The van der Waals surface area contributed by atoms with Crippen LogP contribution in [0.3, 0.4) is 0 Å². The summed E-state index contributed by atoms with van der Waals surface area (Å²) in [6.07, 6.45) is 3.13. The van der Waals surface area contributed by atoms with Gasteiger partial charge in [-0.3, -0.25) is 5.43 Å². The Balaban J connectivity index is 4.44. The summed E-state index contributed by atoms with van der Waals surface area (Å²) >= 11 is 0. The van der Waals surface area contributed by atoms with Crippen molar-refractivity contribution in [3.8, 4) is 0 Å². The Morgan fingerprint density at radius 3 is 2.50 bits per heavy atom. The van der Waals surface area contributed by atoms with Crippen LogP contribution in [-0.4, -0.2) is 20.3 Å². The molecule has 0 radical (unpaired) electrons. The zero-order valence-corrected chi connectivity index (χ0v) is 9.80. The molecule has 0 aliphatic rings. The maximum atomic E-state index is 3.64. The summed E-state index contributed by atoms with van der Waals surface area (Å²) in [4.78, 5) is 0. The van der Waals surface area contributed by atoms with E-state index in [1.807, 2.05) is 13.2 Å². The fourth-order valence-electron chi connectivity index (χ4n) is 1.55. The van der Waals surface area contributed by atoms with Crippen LogP contribution in [-0.2, 0) is 0 Å². The highest BCUT2D eigenvalue weighted by Crippen LogP contribution is 2.21. The summed E-state index contributed by atoms with van der Waals surface area (Å²) < 4.78 is 0. The van der Waals surface area contributed by atoms with Crippen molar-refractivity contribution in [2.24, 2.45) is 16.9 Å². The minimum absolute atomic E-state index is 0.532. The third-order valence-corrected chi connectivity index (χ3v) is 2.58. The van der Waals surface area contributed by atoms with Crippen LogP contribution in [0.15, 0.2) is 16.9 Å². The van der Waals surface area contributed by atoms with Gasteiger partial charge in [-0.15, -0.1) is 0 Å². The van der Waals surface area contributed by atoms with Gasteiger partial charge in [0.1, 0.15) is 0 Å². The first-order valence-corrected chi connectivity index (χ1v) is 5.23. The van der Waals surface area contributed by atoms with Crippen LogP contribution < -0.4 is 10.7 Å². The summed E-state index contributed by atoms with van der Waals surface area (Å²) in [6.45, 7) is 11.1. The average molecular weight is 197 g/mol. The number of nitrogens with one attached hydrogen (secondary N) is 2. The van der Waals surface area contributed by atoms with Crippen LogP contribution in [0.4, 0.5) is 0 Å². The molecule has 2 atom stereocenters. The van der Waals surface area contributed by atoms with E-state index in [2.05, 4.69) is 43.3 Å². The Kier molecular flexibility index (Phi) is 7.11. The quantitative estimate of drug-likeness (QED) is 0.483. The molecule has 0 rings (SSSR count). The molecule has 3 nitrogen and oxygen atoms in total. The van der Waals surface area contributed by atoms with Gasteiger partial charge in [-0.05, 0) is 30.9 Å². The number of hydrazone groups is 1. The molecule has 0 aromatic heterocycles. The lowest BCUT2D eigenvalue weighted by Gasteiger charge is -2.20. The van der Waals surface area contributed by atoms with Gasteiger partial charge in [0.15, 0.2) is 0 Å². The van der Waals surface area contributed by atoms with Gasteiger partial charge in [-0.1, -0.05) is 20.8 Å². The van der Waals surface area contributed by atoms with Crippen LogP contribution in [0.25, 0.3) is 0 Å². The van der Waals surface area contributed by atoms with Gasteiger partial charge < -0.3 is 5.32 Å². The third-order valence-electron chi connectivity index (χ3n) is 2.58. The zero-order valence-electron chi connectivity index (χ0n) is 9.80. The monoisotopic (exact) mass is 197 g/mol. The van der Waals surface area contributed by atoms with Gasteiger partial charge in [0.25, 0.3) is 0 Å². The molecule has 0 aliphatic heterocycles. The Labute approximate surface area is 87.7 Å². The number of rotatable bonds is 7. The molecule has 0 heterocycles. The second kappa shape index (κ2) is 7.56. The van der Waals surface area contributed by atoms with Crippen molar-refractivity contribution in [2.75, 3.05) is 13.6 Å². The lowest BCUT2D eigenvalue weighted by atomic mass is 9.89. The topological polar surface area (TPSA) is 36.4 Å². The number of hydrogen-bond donors (Lipinski definition) is 2. The van der Waals surface area contributed by atoms with E-state index in [0.717, 1.165) is 13.0 Å². The molecule has 0 aromatic rings. The molecule has 2 unspecified atom stereocenters. The summed E-state index contributed by atoms with van der Waals surface area (Å²) in [5, 5.41) is 6.83. The molecular formula is C11H23N3. The van der Waals surface area contributed by atoms with Crippen molar-refractivity contribution >= 4 is 6.72 Å². The average Bonchev–Trinajstić information content (AvgIpc) is 2.18. The van der Waals surface area contributed by atoms with Crippen molar-refractivity contribution < 1.29 is 0 Å². The van der Waals surface area contributed by atoms with Gasteiger partial charge in [-0.25, -0.2) is 0 Å². The minimum Gasteiger partial charge on any atom is -0.319 e. The normalized spacial score (nSPS) is 16.1. The Morgan fingerprint density at radius 2 is 2.07 bits per heavy atom. The van der Waals surface area contributed by atoms with Crippen molar-refractivity contribution in [1.29, 1.82) is 0 Å². The van der Waals surface area contributed by atoms with E-state index in [1.54, 1.807) is 0 Å². The fourth-order valence-corrected chi connectivity index (χ4v) is 1.55. The van der Waals surface area contributed by atoms with E-state index in [1.165, 1.54) is 5.57 Å². The van der Waals surface area contributed by atoms with Crippen LogP contribution in [0.2, 0.25) is 0 Å². The summed E-state index contributed by atoms with van der Waals surface area (Å²) in [6, 6.07) is 0. The highest BCUT2D eigenvalue weighted by Gasteiger charge is 2.13. The smallest absolute Gasteiger partial charge is 0.0197 e. The van der Waals surface area contributed by atoms with E-state index in [-0.39, 0.29) is 0 Å². The summed E-state index contributed by atoms with van der Waals surface area (Å²) in [5.74, 6) is 1.12. The predicted octanol–water partition coefficient (Wildman–Crippen LogP) is 1.98. The molecule has 0 saturated carbocycles. The van der Waals surface area contributed by atoms with Gasteiger partial charge in [0, 0.05) is 19.5 Å². The molecule has 2 N–H and O–H groups in total. The maximum absolute atomic E-state index is 3.64. The Morgan fingerprint density at radius 1 is 1.43 bits per heavy atom. The second-order valence-corrected chi connectivity index (χ2v) is 3.70. The SMILES string of the molecule is C=NN/C=C(\C(C)CC)C(C)CNC. The molecule has 0 aromatic carbocycles. The van der Waals surface area contributed by atoms with Crippen molar-refractivity contribution in [3.63, 3.8) is 0 Å². The van der Waals surface area contributed by atoms with Gasteiger partial charge in [-0.2, -0.15) is 5.10 Å². The molecule has 3 heteroatoms. The minimum atomic E-state index is 0.532. The third kappa shape index (κ3) is 4.42. The molecule has 0 bridgehead atoms. The first-order chi connectivity index (χ1) is 6.67.